The lowest BCUT2D eigenvalue weighted by atomic mass is 9.55. The number of ether oxygens (including phenoxy) is 2. The second-order valence-electron chi connectivity index (χ2n) is 9.63. The van der Waals surface area contributed by atoms with Gasteiger partial charge in [-0.1, -0.05) is 90.5 Å². The molecule has 2 N–H and O–H groups in total. The maximum atomic E-state index is 6.16. The Kier molecular flexibility index (Phi) is 14.6. The van der Waals surface area contributed by atoms with Gasteiger partial charge < -0.3 is 19.9 Å². The molecular formula is C30H48BNO3. The Balaban J connectivity index is 2.01. The highest BCUT2D eigenvalue weighted by Crippen LogP contribution is 2.18. The van der Waals surface area contributed by atoms with E-state index in [-0.39, 0.29) is 6.92 Å². The van der Waals surface area contributed by atoms with Crippen molar-refractivity contribution in [2.24, 2.45) is 17.6 Å². The smallest absolute Gasteiger partial charge is 0.361 e. The Hall–Kier alpha value is -1.98. The van der Waals surface area contributed by atoms with Crippen LogP contribution in [0.15, 0.2) is 48.5 Å². The Labute approximate surface area is 215 Å². The quantitative estimate of drug-likeness (QED) is 0.252. The number of unbranched alkanes of at least 4 members (excludes halogenated alkanes) is 2. The van der Waals surface area contributed by atoms with Gasteiger partial charge in [0.25, 0.3) is 0 Å². The minimum absolute atomic E-state index is 0.164. The summed E-state index contributed by atoms with van der Waals surface area (Å²) < 4.78 is 18.3. The number of nitrogens with two attached hydrogens (primary N) is 1. The van der Waals surface area contributed by atoms with Gasteiger partial charge in [-0.25, -0.2) is 0 Å². The van der Waals surface area contributed by atoms with Crippen LogP contribution >= 0.6 is 0 Å². The van der Waals surface area contributed by atoms with Crippen LogP contribution in [-0.4, -0.2) is 33.3 Å². The molecule has 0 radical (unpaired) electrons. The van der Waals surface area contributed by atoms with Gasteiger partial charge in [-0.3, -0.25) is 0 Å². The molecule has 0 aliphatic heterocycles. The third-order valence-electron chi connectivity index (χ3n) is 6.83. The second-order valence-corrected chi connectivity index (χ2v) is 9.63. The van der Waals surface area contributed by atoms with Gasteiger partial charge in [0.1, 0.15) is 11.5 Å². The topological polar surface area (TPSA) is 53.7 Å². The van der Waals surface area contributed by atoms with Crippen LogP contribution in [0.3, 0.4) is 0 Å². The summed E-state index contributed by atoms with van der Waals surface area (Å²) in [6.07, 6.45) is 9.79. The fourth-order valence-electron chi connectivity index (χ4n) is 4.27. The van der Waals surface area contributed by atoms with Crippen LogP contribution in [0.2, 0.25) is 0 Å². The molecule has 0 spiro atoms. The fraction of sp³-hybridized carbons (Fsp3) is 0.600. The largest absolute Gasteiger partial charge is 0.493 e. The molecule has 2 rings (SSSR count). The molecule has 0 bridgehead atoms. The molecular weight excluding hydrogens is 433 g/mol. The highest BCUT2D eigenvalue weighted by atomic mass is 16.5. The van der Waals surface area contributed by atoms with E-state index in [0.29, 0.717) is 25.0 Å². The summed E-state index contributed by atoms with van der Waals surface area (Å²) in [4.78, 5) is 0. The molecule has 194 valence electrons. The van der Waals surface area contributed by atoms with Crippen molar-refractivity contribution in [3.05, 3.63) is 48.5 Å². The van der Waals surface area contributed by atoms with Gasteiger partial charge in [-0.05, 0) is 59.9 Å². The molecule has 35 heavy (non-hydrogen) atoms. The van der Waals surface area contributed by atoms with Gasteiger partial charge in [0.05, 0.1) is 13.2 Å². The molecule has 2 aromatic carbocycles. The van der Waals surface area contributed by atoms with E-state index >= 15 is 0 Å². The zero-order chi connectivity index (χ0) is 25.3. The Morgan fingerprint density at radius 1 is 0.686 bits per heavy atom. The lowest BCUT2D eigenvalue weighted by Crippen LogP contribution is -2.45. The van der Waals surface area contributed by atoms with E-state index in [1.807, 2.05) is 0 Å². The predicted octanol–water partition coefficient (Wildman–Crippen LogP) is 5.96. The van der Waals surface area contributed by atoms with E-state index in [1.54, 1.807) is 0 Å². The van der Waals surface area contributed by atoms with Gasteiger partial charge >= 0.3 is 6.92 Å². The van der Waals surface area contributed by atoms with Crippen molar-refractivity contribution in [3.63, 3.8) is 0 Å². The Morgan fingerprint density at radius 2 is 1.11 bits per heavy atom. The summed E-state index contributed by atoms with van der Waals surface area (Å²) in [5, 5.41) is 0. The normalized spacial score (nSPS) is 12.8. The van der Waals surface area contributed by atoms with Crippen LogP contribution in [0.25, 0.3) is 0 Å². The fourth-order valence-corrected chi connectivity index (χ4v) is 4.27. The number of rotatable bonds is 19. The zero-order valence-corrected chi connectivity index (χ0v) is 22.6. The second kappa shape index (κ2) is 17.5. The molecule has 2 unspecified atom stereocenters. The molecule has 0 aliphatic rings. The van der Waals surface area contributed by atoms with Crippen LogP contribution in [0.4, 0.5) is 0 Å². The first kappa shape index (κ1) is 29.3. The van der Waals surface area contributed by atoms with Crippen LogP contribution < -0.4 is 26.1 Å². The molecule has 2 aromatic rings. The van der Waals surface area contributed by atoms with Crippen molar-refractivity contribution in [2.45, 2.75) is 79.1 Å². The van der Waals surface area contributed by atoms with E-state index in [4.69, 9.17) is 19.9 Å². The summed E-state index contributed by atoms with van der Waals surface area (Å²) in [5.74, 6) is 3.07. The van der Waals surface area contributed by atoms with E-state index in [9.17, 15) is 0 Å². The Morgan fingerprint density at radius 3 is 1.46 bits per heavy atom. The zero-order valence-electron chi connectivity index (χ0n) is 22.6. The van der Waals surface area contributed by atoms with Crippen molar-refractivity contribution >= 4 is 17.8 Å². The summed E-state index contributed by atoms with van der Waals surface area (Å²) in [6, 6.07) is 16.6. The lowest BCUT2D eigenvalue weighted by molar-refractivity contribution is 0.233. The van der Waals surface area contributed by atoms with Crippen molar-refractivity contribution in [2.75, 3.05) is 26.4 Å². The van der Waals surface area contributed by atoms with Gasteiger partial charge in [0, 0.05) is 13.2 Å². The van der Waals surface area contributed by atoms with E-state index in [0.717, 1.165) is 48.5 Å². The van der Waals surface area contributed by atoms with Crippen LogP contribution in [0.5, 0.6) is 11.5 Å². The van der Waals surface area contributed by atoms with Crippen molar-refractivity contribution < 1.29 is 14.1 Å². The van der Waals surface area contributed by atoms with E-state index in [2.05, 4.69) is 76.2 Å². The monoisotopic (exact) mass is 481 g/mol. The molecule has 0 heterocycles. The molecule has 5 heteroatoms. The van der Waals surface area contributed by atoms with Crippen LogP contribution in [-0.2, 0) is 4.65 Å². The van der Waals surface area contributed by atoms with Gasteiger partial charge in [0.2, 0.25) is 0 Å². The average Bonchev–Trinajstić information content (AvgIpc) is 2.90. The highest BCUT2D eigenvalue weighted by Gasteiger charge is 2.21. The first-order valence-corrected chi connectivity index (χ1v) is 13.9. The van der Waals surface area contributed by atoms with Crippen molar-refractivity contribution in [1.82, 2.24) is 0 Å². The van der Waals surface area contributed by atoms with Gasteiger partial charge in [-0.2, -0.15) is 0 Å². The first-order valence-electron chi connectivity index (χ1n) is 13.9. The standard InChI is InChI=1S/C30H48BNO3/c1-5-9-11-25(7-3)23-33-29-17-13-27(14-18-29)31(35-22-21-32)28-15-19-30(20-16-28)34-24-26(8-4)12-10-6-2/h13-20,25-26H,5-12,21-24,32H2,1-4H3. The first-order chi connectivity index (χ1) is 17.1. The van der Waals surface area contributed by atoms with Gasteiger partial charge in [0.15, 0.2) is 0 Å². The summed E-state index contributed by atoms with van der Waals surface area (Å²) in [7, 11) is 0. The lowest BCUT2D eigenvalue weighted by Gasteiger charge is -2.18. The average molecular weight is 482 g/mol. The molecule has 4 nitrogen and oxygen atoms in total. The molecule has 0 aliphatic carbocycles. The summed E-state index contributed by atoms with van der Waals surface area (Å²) >= 11 is 0. The third-order valence-corrected chi connectivity index (χ3v) is 6.83. The van der Waals surface area contributed by atoms with Crippen molar-refractivity contribution in [1.29, 1.82) is 0 Å². The third kappa shape index (κ3) is 10.7. The number of hydrogen-bond donors (Lipinski definition) is 1. The van der Waals surface area contributed by atoms with E-state index in [1.165, 1.54) is 38.5 Å². The van der Waals surface area contributed by atoms with Crippen molar-refractivity contribution in [3.8, 4) is 11.5 Å². The molecule has 0 saturated carbocycles. The molecule has 0 aromatic heterocycles. The number of hydrogen-bond acceptors (Lipinski definition) is 4. The van der Waals surface area contributed by atoms with Crippen LogP contribution in [0.1, 0.15) is 79.1 Å². The maximum absolute atomic E-state index is 6.16. The minimum atomic E-state index is -0.164. The highest BCUT2D eigenvalue weighted by molar-refractivity contribution is 6.80. The molecule has 0 amide bonds. The number of benzene rings is 2. The molecule has 0 saturated heterocycles. The molecule has 0 fully saturated rings. The minimum Gasteiger partial charge on any atom is -0.493 e. The SMILES string of the molecule is CCCCC(CC)COc1ccc(B(OCCN)c2ccc(OCC(CC)CCCC)cc2)cc1. The van der Waals surface area contributed by atoms with Gasteiger partial charge in [-0.15, -0.1) is 0 Å². The molecule has 2 atom stereocenters. The maximum Gasteiger partial charge on any atom is 0.361 e. The predicted molar refractivity (Wildman–Crippen MR) is 151 cm³/mol. The summed E-state index contributed by atoms with van der Waals surface area (Å²) in [5.41, 5.74) is 7.95. The van der Waals surface area contributed by atoms with E-state index < -0.39 is 0 Å². The Bertz CT molecular complexity index is 718. The van der Waals surface area contributed by atoms with Crippen LogP contribution in [0, 0.1) is 11.8 Å². The summed E-state index contributed by atoms with van der Waals surface area (Å²) in [6.45, 7) is 11.4.